The topological polar surface area (TPSA) is 49.3 Å². The van der Waals surface area contributed by atoms with E-state index in [-0.39, 0.29) is 5.92 Å². The van der Waals surface area contributed by atoms with E-state index in [4.69, 9.17) is 0 Å². The van der Waals surface area contributed by atoms with E-state index in [1.54, 1.807) is 0 Å². The molecule has 0 bridgehead atoms. The fraction of sp³-hybridized carbons (Fsp3) is 0.938. The minimum absolute atomic E-state index is 0.117. The van der Waals surface area contributed by atoms with Crippen LogP contribution in [0.2, 0.25) is 0 Å². The zero-order chi connectivity index (χ0) is 14.1. The van der Waals surface area contributed by atoms with Gasteiger partial charge in [-0.25, -0.2) is 0 Å². The van der Waals surface area contributed by atoms with Crippen LogP contribution in [0.1, 0.15) is 71.6 Å². The predicted molar refractivity (Wildman–Crippen MR) is 79.3 cm³/mol. The predicted octanol–water partition coefficient (Wildman–Crippen LogP) is 3.83. The first-order valence-corrected chi connectivity index (χ1v) is 8.11. The minimum atomic E-state index is -0.595. The first-order chi connectivity index (χ1) is 9.15. The van der Waals surface area contributed by atoms with E-state index in [0.717, 1.165) is 25.8 Å². The molecule has 112 valence electrons. The number of carbonyl (C=O) groups is 1. The van der Waals surface area contributed by atoms with E-state index >= 15 is 0 Å². The molecule has 1 rings (SSSR count). The molecule has 0 amide bonds. The summed E-state index contributed by atoms with van der Waals surface area (Å²) in [4.78, 5) is 11.2. The minimum Gasteiger partial charge on any atom is -0.481 e. The third-order valence-electron chi connectivity index (χ3n) is 4.45. The molecule has 0 heterocycles. The molecule has 3 unspecified atom stereocenters. The molecule has 0 saturated heterocycles. The molecule has 3 heteroatoms. The Morgan fingerprint density at radius 3 is 2.68 bits per heavy atom. The van der Waals surface area contributed by atoms with Crippen LogP contribution < -0.4 is 5.32 Å². The van der Waals surface area contributed by atoms with E-state index in [2.05, 4.69) is 19.2 Å². The van der Waals surface area contributed by atoms with Crippen molar-refractivity contribution in [1.29, 1.82) is 0 Å². The quantitative estimate of drug-likeness (QED) is 0.625. The summed E-state index contributed by atoms with van der Waals surface area (Å²) < 4.78 is 0. The van der Waals surface area contributed by atoms with E-state index < -0.39 is 5.97 Å². The molecule has 0 aromatic rings. The number of unbranched alkanes of at least 4 members (excludes halogenated alkanes) is 3. The molecular formula is C16H31NO2. The first kappa shape index (κ1) is 16.5. The molecule has 1 fully saturated rings. The number of aliphatic carboxylic acids is 1. The van der Waals surface area contributed by atoms with Gasteiger partial charge in [-0.15, -0.1) is 0 Å². The normalized spacial score (nSPS) is 25.2. The number of hydrogen-bond donors (Lipinski definition) is 2. The van der Waals surface area contributed by atoms with Crippen molar-refractivity contribution >= 4 is 5.97 Å². The fourth-order valence-electron chi connectivity index (χ4n) is 3.11. The molecule has 3 nitrogen and oxygen atoms in total. The van der Waals surface area contributed by atoms with Gasteiger partial charge in [0.25, 0.3) is 0 Å². The summed E-state index contributed by atoms with van der Waals surface area (Å²) >= 11 is 0. The Morgan fingerprint density at radius 1 is 1.26 bits per heavy atom. The van der Waals surface area contributed by atoms with Crippen LogP contribution in [0.3, 0.4) is 0 Å². The number of rotatable bonds is 9. The van der Waals surface area contributed by atoms with Crippen LogP contribution in [0.5, 0.6) is 0 Å². The lowest BCUT2D eigenvalue weighted by Gasteiger charge is -2.29. The van der Waals surface area contributed by atoms with E-state index in [0.29, 0.717) is 12.0 Å². The average molecular weight is 269 g/mol. The summed E-state index contributed by atoms with van der Waals surface area (Å²) in [5, 5.41) is 12.8. The Kier molecular flexibility index (Phi) is 8.11. The Labute approximate surface area is 118 Å². The molecule has 1 saturated carbocycles. The van der Waals surface area contributed by atoms with Gasteiger partial charge in [0, 0.05) is 6.04 Å². The van der Waals surface area contributed by atoms with E-state index in [1.807, 2.05) is 0 Å². The summed E-state index contributed by atoms with van der Waals surface area (Å²) in [6.07, 6.45) is 10.7. The van der Waals surface area contributed by atoms with Crippen LogP contribution >= 0.6 is 0 Å². The maximum Gasteiger partial charge on any atom is 0.306 e. The van der Waals surface area contributed by atoms with Crippen molar-refractivity contribution in [3.8, 4) is 0 Å². The highest BCUT2D eigenvalue weighted by Gasteiger charge is 2.30. The van der Waals surface area contributed by atoms with Gasteiger partial charge in [0.2, 0.25) is 0 Å². The highest BCUT2D eigenvalue weighted by atomic mass is 16.4. The Morgan fingerprint density at radius 2 is 2.00 bits per heavy atom. The number of hydrogen-bond acceptors (Lipinski definition) is 2. The lowest BCUT2D eigenvalue weighted by molar-refractivity contribution is -0.144. The van der Waals surface area contributed by atoms with Crippen LogP contribution in [0.4, 0.5) is 0 Å². The van der Waals surface area contributed by atoms with Crippen LogP contribution in [0.25, 0.3) is 0 Å². The molecule has 0 spiro atoms. The van der Waals surface area contributed by atoms with Crippen LogP contribution in [0.15, 0.2) is 0 Å². The highest BCUT2D eigenvalue weighted by molar-refractivity contribution is 5.70. The lowest BCUT2D eigenvalue weighted by Crippen LogP contribution is -2.38. The molecule has 19 heavy (non-hydrogen) atoms. The maximum atomic E-state index is 11.2. The second-order valence-electron chi connectivity index (χ2n) is 6.15. The summed E-state index contributed by atoms with van der Waals surface area (Å²) in [5.41, 5.74) is 0. The molecule has 1 aliphatic rings. The Hall–Kier alpha value is -0.570. The summed E-state index contributed by atoms with van der Waals surface area (Å²) in [7, 11) is 0. The highest BCUT2D eigenvalue weighted by Crippen LogP contribution is 2.29. The zero-order valence-corrected chi connectivity index (χ0v) is 12.7. The van der Waals surface area contributed by atoms with Crippen molar-refractivity contribution in [2.24, 2.45) is 11.8 Å². The van der Waals surface area contributed by atoms with Gasteiger partial charge >= 0.3 is 5.97 Å². The van der Waals surface area contributed by atoms with Gasteiger partial charge in [-0.3, -0.25) is 4.79 Å². The fourth-order valence-corrected chi connectivity index (χ4v) is 3.11. The summed E-state index contributed by atoms with van der Waals surface area (Å²) in [5.74, 6) is -0.375. The SMILES string of the molecule is CCCCCCC(C)NCC1CCCCC1C(=O)O. The molecule has 0 aromatic carbocycles. The Balaban J connectivity index is 2.20. The molecule has 0 radical (unpaired) electrons. The maximum absolute atomic E-state index is 11.2. The standard InChI is InChI=1S/C16H31NO2/c1-3-4-5-6-9-13(2)17-12-14-10-7-8-11-15(14)16(18)19/h13-15,17H,3-12H2,1-2H3,(H,18,19). The molecule has 0 aromatic heterocycles. The van der Waals surface area contributed by atoms with Gasteiger partial charge in [-0.2, -0.15) is 0 Å². The van der Waals surface area contributed by atoms with E-state index in [9.17, 15) is 9.90 Å². The lowest BCUT2D eigenvalue weighted by atomic mass is 9.79. The summed E-state index contributed by atoms with van der Waals surface area (Å²) in [6.45, 7) is 5.34. The van der Waals surface area contributed by atoms with Crippen molar-refractivity contribution in [2.75, 3.05) is 6.54 Å². The largest absolute Gasteiger partial charge is 0.481 e. The molecule has 3 atom stereocenters. The number of nitrogens with one attached hydrogen (secondary N) is 1. The van der Waals surface area contributed by atoms with Gasteiger partial charge in [-0.05, 0) is 38.6 Å². The van der Waals surface area contributed by atoms with Gasteiger partial charge in [-0.1, -0.05) is 45.4 Å². The Bertz CT molecular complexity index is 255. The molecular weight excluding hydrogens is 238 g/mol. The second-order valence-corrected chi connectivity index (χ2v) is 6.15. The zero-order valence-electron chi connectivity index (χ0n) is 12.7. The van der Waals surface area contributed by atoms with Crippen molar-refractivity contribution in [3.63, 3.8) is 0 Å². The molecule has 1 aliphatic carbocycles. The first-order valence-electron chi connectivity index (χ1n) is 8.11. The number of carboxylic acids is 1. The molecule has 2 N–H and O–H groups in total. The third-order valence-corrected chi connectivity index (χ3v) is 4.45. The number of carboxylic acid groups (broad SMARTS) is 1. The van der Waals surface area contributed by atoms with Crippen LogP contribution in [-0.4, -0.2) is 23.7 Å². The second kappa shape index (κ2) is 9.35. The third kappa shape index (κ3) is 6.42. The molecule has 0 aliphatic heterocycles. The van der Waals surface area contributed by atoms with Crippen LogP contribution in [0, 0.1) is 11.8 Å². The van der Waals surface area contributed by atoms with Crippen LogP contribution in [-0.2, 0) is 4.79 Å². The van der Waals surface area contributed by atoms with Gasteiger partial charge in [0.05, 0.1) is 5.92 Å². The smallest absolute Gasteiger partial charge is 0.306 e. The van der Waals surface area contributed by atoms with Gasteiger partial charge in [0.1, 0.15) is 0 Å². The van der Waals surface area contributed by atoms with Crippen molar-refractivity contribution in [1.82, 2.24) is 5.32 Å². The van der Waals surface area contributed by atoms with Crippen molar-refractivity contribution in [2.45, 2.75) is 77.7 Å². The van der Waals surface area contributed by atoms with Gasteiger partial charge < -0.3 is 10.4 Å². The van der Waals surface area contributed by atoms with E-state index in [1.165, 1.54) is 38.5 Å². The monoisotopic (exact) mass is 269 g/mol. The van der Waals surface area contributed by atoms with Gasteiger partial charge in [0.15, 0.2) is 0 Å². The summed E-state index contributed by atoms with van der Waals surface area (Å²) in [6, 6.07) is 0.522. The van der Waals surface area contributed by atoms with Crippen molar-refractivity contribution < 1.29 is 9.90 Å². The van der Waals surface area contributed by atoms with Crippen molar-refractivity contribution in [3.05, 3.63) is 0 Å². The average Bonchev–Trinajstić information content (AvgIpc) is 2.41.